The van der Waals surface area contributed by atoms with E-state index in [-0.39, 0.29) is 24.5 Å². The first-order valence-electron chi connectivity index (χ1n) is 4.43. The lowest BCUT2D eigenvalue weighted by atomic mass is 10.0. The van der Waals surface area contributed by atoms with Gasteiger partial charge in [0.05, 0.1) is 12.0 Å². The third kappa shape index (κ3) is 2.97. The average molecular weight is 202 g/mol. The van der Waals surface area contributed by atoms with Crippen LogP contribution in [0.2, 0.25) is 0 Å². The fraction of sp³-hybridized carbons (Fsp3) is 0.750. The summed E-state index contributed by atoms with van der Waals surface area (Å²) in [7, 11) is 0. The standard InChI is InChI=1S/C8H14N2O4/c1-5-6(2-3-13-5)8(12)10-14-4-7(9)11/h5-6H,2-4H2,1H3,(H2,9,11)(H,10,12). The molecule has 0 aromatic carbocycles. The minimum atomic E-state index is -0.624. The maximum atomic E-state index is 11.4. The van der Waals surface area contributed by atoms with Gasteiger partial charge in [-0.25, -0.2) is 5.48 Å². The first-order valence-corrected chi connectivity index (χ1v) is 4.43. The molecule has 0 aromatic rings. The molecule has 1 fully saturated rings. The first-order chi connectivity index (χ1) is 6.61. The maximum absolute atomic E-state index is 11.4. The Balaban J connectivity index is 2.24. The number of carbonyl (C=O) groups is 2. The molecular weight excluding hydrogens is 188 g/mol. The molecule has 0 bridgehead atoms. The zero-order chi connectivity index (χ0) is 10.6. The van der Waals surface area contributed by atoms with Crippen LogP contribution in [0.5, 0.6) is 0 Å². The Labute approximate surface area is 81.7 Å². The van der Waals surface area contributed by atoms with Crippen molar-refractivity contribution in [1.82, 2.24) is 5.48 Å². The van der Waals surface area contributed by atoms with Crippen LogP contribution < -0.4 is 11.2 Å². The van der Waals surface area contributed by atoms with Crippen molar-refractivity contribution in [1.29, 1.82) is 0 Å². The van der Waals surface area contributed by atoms with Crippen molar-refractivity contribution in [2.45, 2.75) is 19.4 Å². The lowest BCUT2D eigenvalue weighted by molar-refractivity contribution is -0.142. The minimum Gasteiger partial charge on any atom is -0.378 e. The van der Waals surface area contributed by atoms with E-state index in [4.69, 9.17) is 10.5 Å². The number of hydrogen-bond acceptors (Lipinski definition) is 4. The molecule has 2 amide bonds. The van der Waals surface area contributed by atoms with Crippen LogP contribution in [0.1, 0.15) is 13.3 Å². The van der Waals surface area contributed by atoms with E-state index in [1.807, 2.05) is 6.92 Å². The van der Waals surface area contributed by atoms with Gasteiger partial charge in [0.2, 0.25) is 11.8 Å². The number of amides is 2. The van der Waals surface area contributed by atoms with Gasteiger partial charge in [0.25, 0.3) is 0 Å². The molecule has 14 heavy (non-hydrogen) atoms. The van der Waals surface area contributed by atoms with Gasteiger partial charge in [-0.2, -0.15) is 0 Å². The largest absolute Gasteiger partial charge is 0.378 e. The van der Waals surface area contributed by atoms with Gasteiger partial charge in [-0.1, -0.05) is 0 Å². The summed E-state index contributed by atoms with van der Waals surface area (Å²) in [6.07, 6.45) is 0.569. The highest BCUT2D eigenvalue weighted by Crippen LogP contribution is 2.20. The highest BCUT2D eigenvalue weighted by atomic mass is 16.7. The number of hydroxylamine groups is 1. The Morgan fingerprint density at radius 1 is 1.64 bits per heavy atom. The molecule has 0 aliphatic carbocycles. The summed E-state index contributed by atoms with van der Waals surface area (Å²) < 4.78 is 5.21. The number of ether oxygens (including phenoxy) is 1. The quantitative estimate of drug-likeness (QED) is 0.569. The number of nitrogens with two attached hydrogens (primary N) is 1. The van der Waals surface area contributed by atoms with Gasteiger partial charge >= 0.3 is 0 Å². The third-order valence-corrected chi connectivity index (χ3v) is 2.10. The van der Waals surface area contributed by atoms with Crippen molar-refractivity contribution in [3.05, 3.63) is 0 Å². The minimum absolute atomic E-state index is 0.104. The number of carbonyl (C=O) groups excluding carboxylic acids is 2. The second kappa shape index (κ2) is 4.92. The number of primary amides is 1. The van der Waals surface area contributed by atoms with Crippen molar-refractivity contribution >= 4 is 11.8 Å². The second-order valence-corrected chi connectivity index (χ2v) is 3.19. The Bertz CT molecular complexity index is 231. The molecule has 1 saturated heterocycles. The molecule has 6 nitrogen and oxygen atoms in total. The fourth-order valence-electron chi connectivity index (χ4n) is 1.33. The monoisotopic (exact) mass is 202 g/mol. The molecular formula is C8H14N2O4. The summed E-state index contributed by atoms with van der Waals surface area (Å²) in [6, 6.07) is 0. The summed E-state index contributed by atoms with van der Waals surface area (Å²) >= 11 is 0. The Morgan fingerprint density at radius 3 is 2.86 bits per heavy atom. The summed E-state index contributed by atoms with van der Waals surface area (Å²) in [5.74, 6) is -1.10. The van der Waals surface area contributed by atoms with Crippen LogP contribution in [-0.2, 0) is 19.2 Å². The highest BCUT2D eigenvalue weighted by molar-refractivity contribution is 5.79. The van der Waals surface area contributed by atoms with E-state index < -0.39 is 5.91 Å². The SMILES string of the molecule is CC1OCCC1C(=O)NOCC(N)=O. The van der Waals surface area contributed by atoms with Crippen LogP contribution in [0.25, 0.3) is 0 Å². The van der Waals surface area contributed by atoms with Crippen molar-refractivity contribution < 1.29 is 19.2 Å². The summed E-state index contributed by atoms with van der Waals surface area (Å²) in [4.78, 5) is 26.2. The lowest BCUT2D eigenvalue weighted by Crippen LogP contribution is -2.36. The van der Waals surface area contributed by atoms with Gasteiger partial charge in [-0.15, -0.1) is 0 Å². The van der Waals surface area contributed by atoms with Gasteiger partial charge in [0.1, 0.15) is 0 Å². The van der Waals surface area contributed by atoms with Crippen molar-refractivity contribution in [3.8, 4) is 0 Å². The summed E-state index contributed by atoms with van der Waals surface area (Å²) in [6.45, 7) is 2.09. The van der Waals surface area contributed by atoms with E-state index in [0.717, 1.165) is 0 Å². The van der Waals surface area contributed by atoms with E-state index in [0.29, 0.717) is 13.0 Å². The molecule has 1 aliphatic rings. The zero-order valence-electron chi connectivity index (χ0n) is 7.99. The predicted molar refractivity (Wildman–Crippen MR) is 46.8 cm³/mol. The van der Waals surface area contributed by atoms with Crippen molar-refractivity contribution in [2.24, 2.45) is 11.7 Å². The summed E-state index contributed by atoms with van der Waals surface area (Å²) in [5, 5.41) is 0. The van der Waals surface area contributed by atoms with Gasteiger partial charge in [-0.3, -0.25) is 14.4 Å². The molecule has 80 valence electrons. The molecule has 0 spiro atoms. The molecule has 1 heterocycles. The van der Waals surface area contributed by atoms with Crippen LogP contribution in [-0.4, -0.2) is 31.1 Å². The predicted octanol–water partition coefficient (Wildman–Crippen LogP) is -1.06. The summed E-state index contributed by atoms with van der Waals surface area (Å²) in [5.41, 5.74) is 6.99. The van der Waals surface area contributed by atoms with Crippen molar-refractivity contribution in [2.75, 3.05) is 13.2 Å². The van der Waals surface area contributed by atoms with E-state index in [2.05, 4.69) is 10.3 Å². The van der Waals surface area contributed by atoms with E-state index in [1.54, 1.807) is 0 Å². The van der Waals surface area contributed by atoms with Crippen LogP contribution in [0, 0.1) is 5.92 Å². The van der Waals surface area contributed by atoms with E-state index in [9.17, 15) is 9.59 Å². The Hall–Kier alpha value is -1.14. The van der Waals surface area contributed by atoms with Crippen LogP contribution in [0.3, 0.4) is 0 Å². The number of hydrogen-bond donors (Lipinski definition) is 2. The van der Waals surface area contributed by atoms with Gasteiger partial charge in [-0.05, 0) is 13.3 Å². The molecule has 6 heteroatoms. The molecule has 3 N–H and O–H groups in total. The second-order valence-electron chi connectivity index (χ2n) is 3.19. The molecule has 1 rings (SSSR count). The Morgan fingerprint density at radius 2 is 2.36 bits per heavy atom. The highest BCUT2D eigenvalue weighted by Gasteiger charge is 2.30. The van der Waals surface area contributed by atoms with E-state index in [1.165, 1.54) is 0 Å². The zero-order valence-corrected chi connectivity index (χ0v) is 7.99. The van der Waals surface area contributed by atoms with Crippen LogP contribution in [0.4, 0.5) is 0 Å². The molecule has 0 aromatic heterocycles. The fourth-order valence-corrected chi connectivity index (χ4v) is 1.33. The smallest absolute Gasteiger partial charge is 0.249 e. The molecule has 0 radical (unpaired) electrons. The van der Waals surface area contributed by atoms with Crippen molar-refractivity contribution in [3.63, 3.8) is 0 Å². The van der Waals surface area contributed by atoms with Crippen LogP contribution >= 0.6 is 0 Å². The normalized spacial score (nSPS) is 26.1. The molecule has 1 aliphatic heterocycles. The van der Waals surface area contributed by atoms with Crippen LogP contribution in [0.15, 0.2) is 0 Å². The Kier molecular flexibility index (Phi) is 3.84. The maximum Gasteiger partial charge on any atom is 0.249 e. The molecule has 2 unspecified atom stereocenters. The van der Waals surface area contributed by atoms with E-state index >= 15 is 0 Å². The average Bonchev–Trinajstić information content (AvgIpc) is 2.50. The molecule has 2 atom stereocenters. The van der Waals surface area contributed by atoms with Gasteiger partial charge in [0, 0.05) is 6.61 Å². The van der Waals surface area contributed by atoms with Gasteiger partial charge in [0.15, 0.2) is 6.61 Å². The topological polar surface area (TPSA) is 90.7 Å². The lowest BCUT2D eigenvalue weighted by Gasteiger charge is -2.12. The van der Waals surface area contributed by atoms with Gasteiger partial charge < -0.3 is 10.5 Å². The number of nitrogens with one attached hydrogen (secondary N) is 1. The number of rotatable bonds is 4. The first kappa shape index (κ1) is 10.9. The third-order valence-electron chi connectivity index (χ3n) is 2.10. The molecule has 0 saturated carbocycles.